The molecule has 6 nitrogen and oxygen atoms in total. The number of nitrogens with zero attached hydrogens (tertiary/aromatic N) is 2. The van der Waals surface area contributed by atoms with Gasteiger partial charge < -0.3 is 5.32 Å². The number of carbonyl (C=O) groups is 1. The van der Waals surface area contributed by atoms with Crippen molar-refractivity contribution in [3.63, 3.8) is 0 Å². The summed E-state index contributed by atoms with van der Waals surface area (Å²) >= 11 is 7.12. The molecule has 3 aromatic carbocycles. The van der Waals surface area contributed by atoms with Gasteiger partial charge in [-0.05, 0) is 73.0 Å². The van der Waals surface area contributed by atoms with Gasteiger partial charge in [0.15, 0.2) is 0 Å². The monoisotopic (exact) mass is 463 g/mol. The third-order valence-corrected chi connectivity index (χ3v) is 6.08. The van der Waals surface area contributed by atoms with E-state index in [0.717, 1.165) is 16.0 Å². The second-order valence-electron chi connectivity index (χ2n) is 6.91. The standard InChI is InChI=1S/C24H18ClN3O3S/c1-15-4-3-5-21(16(15)2)27-24(29)18(14-26)12-17-6-11-23(22(13-17)28(30)31)32-20-9-7-19(25)8-10-20/h3-13H,1-2H3,(H,27,29)/b18-12-. The molecule has 1 amide bonds. The van der Waals surface area contributed by atoms with Crippen LogP contribution in [0, 0.1) is 35.3 Å². The van der Waals surface area contributed by atoms with Crippen LogP contribution in [0.1, 0.15) is 16.7 Å². The van der Waals surface area contributed by atoms with Gasteiger partial charge >= 0.3 is 0 Å². The van der Waals surface area contributed by atoms with Gasteiger partial charge in [-0.2, -0.15) is 5.26 Å². The molecule has 8 heteroatoms. The van der Waals surface area contributed by atoms with Crippen molar-refractivity contribution in [2.45, 2.75) is 23.6 Å². The van der Waals surface area contributed by atoms with E-state index in [4.69, 9.17) is 11.6 Å². The Kier molecular flexibility index (Phi) is 7.31. The molecule has 0 aliphatic heterocycles. The van der Waals surface area contributed by atoms with Gasteiger partial charge in [-0.1, -0.05) is 41.6 Å². The number of hydrogen-bond acceptors (Lipinski definition) is 5. The quantitative estimate of drug-likeness (QED) is 0.193. The second kappa shape index (κ2) is 10.1. The van der Waals surface area contributed by atoms with Crippen molar-refractivity contribution < 1.29 is 9.72 Å². The molecule has 3 aromatic rings. The van der Waals surface area contributed by atoms with Crippen LogP contribution in [0.2, 0.25) is 5.02 Å². The van der Waals surface area contributed by atoms with Gasteiger partial charge in [0, 0.05) is 21.7 Å². The first kappa shape index (κ1) is 23.1. The first-order valence-corrected chi connectivity index (χ1v) is 10.7. The maximum Gasteiger partial charge on any atom is 0.283 e. The summed E-state index contributed by atoms with van der Waals surface area (Å²) in [6, 6.07) is 18.9. The molecular weight excluding hydrogens is 446 g/mol. The number of amides is 1. The average molecular weight is 464 g/mol. The fraction of sp³-hybridized carbons (Fsp3) is 0.0833. The molecule has 160 valence electrons. The molecule has 0 heterocycles. The fourth-order valence-electron chi connectivity index (χ4n) is 2.87. The molecule has 3 rings (SSSR count). The second-order valence-corrected chi connectivity index (χ2v) is 8.46. The van der Waals surface area contributed by atoms with E-state index in [1.165, 1.54) is 23.9 Å². The third-order valence-electron chi connectivity index (χ3n) is 4.75. The Morgan fingerprint density at radius 3 is 2.53 bits per heavy atom. The molecule has 32 heavy (non-hydrogen) atoms. The molecule has 0 saturated carbocycles. The molecule has 0 fully saturated rings. The Hall–Kier alpha value is -3.60. The van der Waals surface area contributed by atoms with E-state index < -0.39 is 10.8 Å². The van der Waals surface area contributed by atoms with Crippen LogP contribution >= 0.6 is 23.4 Å². The van der Waals surface area contributed by atoms with Crippen molar-refractivity contribution in [1.29, 1.82) is 5.26 Å². The highest BCUT2D eigenvalue weighted by atomic mass is 35.5. The van der Waals surface area contributed by atoms with Gasteiger partial charge in [0.2, 0.25) is 0 Å². The predicted molar refractivity (Wildman–Crippen MR) is 127 cm³/mol. The molecule has 0 unspecified atom stereocenters. The summed E-state index contributed by atoms with van der Waals surface area (Å²) in [4.78, 5) is 25.0. The average Bonchev–Trinajstić information content (AvgIpc) is 2.77. The van der Waals surface area contributed by atoms with Crippen LogP contribution in [0.3, 0.4) is 0 Å². The summed E-state index contributed by atoms with van der Waals surface area (Å²) in [6.07, 6.45) is 1.34. The van der Waals surface area contributed by atoms with E-state index >= 15 is 0 Å². The summed E-state index contributed by atoms with van der Waals surface area (Å²) in [7, 11) is 0. The highest BCUT2D eigenvalue weighted by Crippen LogP contribution is 2.36. The van der Waals surface area contributed by atoms with E-state index in [0.29, 0.717) is 21.2 Å². The zero-order valence-electron chi connectivity index (χ0n) is 17.3. The largest absolute Gasteiger partial charge is 0.321 e. The predicted octanol–water partition coefficient (Wildman–Crippen LogP) is 6.56. The summed E-state index contributed by atoms with van der Waals surface area (Å²) in [5, 5.41) is 24.4. The van der Waals surface area contributed by atoms with Crippen molar-refractivity contribution in [3.05, 3.63) is 98.1 Å². The van der Waals surface area contributed by atoms with Gasteiger partial charge in [-0.3, -0.25) is 14.9 Å². The number of aryl methyl sites for hydroxylation is 1. The molecule has 0 aliphatic carbocycles. The molecule has 0 bridgehead atoms. The van der Waals surface area contributed by atoms with Gasteiger partial charge in [-0.15, -0.1) is 0 Å². The zero-order valence-corrected chi connectivity index (χ0v) is 18.8. The number of anilines is 1. The molecule has 0 aliphatic rings. The first-order valence-electron chi connectivity index (χ1n) is 9.49. The summed E-state index contributed by atoms with van der Waals surface area (Å²) in [6.45, 7) is 3.80. The lowest BCUT2D eigenvalue weighted by molar-refractivity contribution is -0.387. The Morgan fingerprint density at radius 1 is 1.16 bits per heavy atom. The van der Waals surface area contributed by atoms with Crippen molar-refractivity contribution in [2.24, 2.45) is 0 Å². The van der Waals surface area contributed by atoms with E-state index in [1.54, 1.807) is 42.5 Å². The van der Waals surface area contributed by atoms with Crippen molar-refractivity contribution in [1.82, 2.24) is 0 Å². The topological polar surface area (TPSA) is 96.0 Å². The van der Waals surface area contributed by atoms with Gasteiger partial charge in [0.25, 0.3) is 11.6 Å². The van der Waals surface area contributed by atoms with E-state index in [2.05, 4.69) is 5.32 Å². The lowest BCUT2D eigenvalue weighted by Crippen LogP contribution is -2.14. The van der Waals surface area contributed by atoms with Gasteiger partial charge in [-0.25, -0.2) is 0 Å². The van der Waals surface area contributed by atoms with Crippen molar-refractivity contribution >= 4 is 46.7 Å². The molecule has 1 N–H and O–H groups in total. The zero-order chi connectivity index (χ0) is 23.3. The summed E-state index contributed by atoms with van der Waals surface area (Å²) in [5.74, 6) is -0.580. The van der Waals surface area contributed by atoms with Crippen LogP contribution in [0.25, 0.3) is 6.08 Å². The third kappa shape index (κ3) is 5.55. The highest BCUT2D eigenvalue weighted by Gasteiger charge is 2.17. The minimum atomic E-state index is -0.580. The van der Waals surface area contributed by atoms with Gasteiger partial charge in [0.1, 0.15) is 11.6 Å². The maximum absolute atomic E-state index is 12.6. The van der Waals surface area contributed by atoms with Crippen molar-refractivity contribution in [2.75, 3.05) is 5.32 Å². The SMILES string of the molecule is Cc1cccc(NC(=O)/C(C#N)=C\c2ccc(Sc3ccc(Cl)cc3)c([N+](=O)[O-])c2)c1C. The molecule has 0 spiro atoms. The number of benzene rings is 3. The number of nitro benzene ring substituents is 1. The number of hydrogen-bond donors (Lipinski definition) is 1. The van der Waals surface area contributed by atoms with E-state index in [1.807, 2.05) is 32.0 Å². The Balaban J connectivity index is 1.88. The summed E-state index contributed by atoms with van der Waals surface area (Å²) < 4.78 is 0. The smallest absolute Gasteiger partial charge is 0.283 e. The normalized spacial score (nSPS) is 11.0. The number of nitriles is 1. The molecular formula is C24H18ClN3O3S. The number of carbonyl (C=O) groups excluding carboxylic acids is 1. The highest BCUT2D eigenvalue weighted by molar-refractivity contribution is 7.99. The lowest BCUT2D eigenvalue weighted by atomic mass is 10.1. The Labute approximate surface area is 194 Å². The number of nitro groups is 1. The molecule has 0 radical (unpaired) electrons. The van der Waals surface area contributed by atoms with Gasteiger partial charge in [0.05, 0.1) is 9.82 Å². The summed E-state index contributed by atoms with van der Waals surface area (Å²) in [5.41, 5.74) is 2.62. The maximum atomic E-state index is 12.6. The molecule has 0 aromatic heterocycles. The van der Waals surface area contributed by atoms with Crippen LogP contribution in [0.5, 0.6) is 0 Å². The lowest BCUT2D eigenvalue weighted by Gasteiger charge is -2.10. The number of halogens is 1. The molecule has 0 atom stereocenters. The Bertz CT molecular complexity index is 1260. The van der Waals surface area contributed by atoms with Crippen LogP contribution in [0.4, 0.5) is 11.4 Å². The minimum Gasteiger partial charge on any atom is -0.321 e. The van der Waals surface area contributed by atoms with E-state index in [9.17, 15) is 20.2 Å². The van der Waals surface area contributed by atoms with Crippen LogP contribution in [0.15, 0.2) is 76.0 Å². The van der Waals surface area contributed by atoms with Crippen LogP contribution in [-0.2, 0) is 4.79 Å². The minimum absolute atomic E-state index is 0.120. The number of nitrogens with one attached hydrogen (secondary N) is 1. The van der Waals surface area contributed by atoms with Crippen LogP contribution < -0.4 is 5.32 Å². The Morgan fingerprint density at radius 2 is 1.88 bits per heavy atom. The fourth-order valence-corrected chi connectivity index (χ4v) is 3.90. The van der Waals surface area contributed by atoms with Crippen LogP contribution in [-0.4, -0.2) is 10.8 Å². The number of rotatable bonds is 6. The first-order chi connectivity index (χ1) is 15.3. The van der Waals surface area contributed by atoms with E-state index in [-0.39, 0.29) is 11.3 Å². The van der Waals surface area contributed by atoms with Crippen molar-refractivity contribution in [3.8, 4) is 6.07 Å². The molecule has 0 saturated heterocycles.